The van der Waals surface area contributed by atoms with Crippen molar-refractivity contribution in [3.63, 3.8) is 0 Å². The van der Waals surface area contributed by atoms with E-state index in [2.05, 4.69) is 10.6 Å². The molecule has 140 valence electrons. The zero-order chi connectivity index (χ0) is 19.3. The summed E-state index contributed by atoms with van der Waals surface area (Å²) in [6.45, 7) is 3.34. The van der Waals surface area contributed by atoms with Crippen LogP contribution in [0.25, 0.3) is 0 Å². The number of nitrogens with one attached hydrogen (secondary N) is 2. The van der Waals surface area contributed by atoms with Crippen LogP contribution in [0, 0.1) is 10.1 Å². The molecule has 2 N–H and O–H groups in total. The summed E-state index contributed by atoms with van der Waals surface area (Å²) in [7, 11) is -1.06. The second-order valence-corrected chi connectivity index (χ2v) is 7.35. The van der Waals surface area contributed by atoms with Gasteiger partial charge in [0.2, 0.25) is 0 Å². The van der Waals surface area contributed by atoms with Crippen LogP contribution >= 0.6 is 0 Å². The summed E-state index contributed by atoms with van der Waals surface area (Å²) in [5.74, 6) is 0.0604. The van der Waals surface area contributed by atoms with Gasteiger partial charge in [0, 0.05) is 34.4 Å². The first-order valence-electron chi connectivity index (χ1n) is 7.88. The number of urea groups is 1. The molecule has 2 unspecified atom stereocenters. The van der Waals surface area contributed by atoms with E-state index in [0.29, 0.717) is 17.0 Å². The molecule has 0 saturated heterocycles. The molecule has 0 radical (unpaired) electrons. The number of non-ortho nitro benzene ring substituents is 1. The fraction of sp³-hybridized carbons (Fsp3) is 0.375. The van der Waals surface area contributed by atoms with Gasteiger partial charge in [0.05, 0.1) is 22.3 Å². The van der Waals surface area contributed by atoms with Crippen LogP contribution in [-0.4, -0.2) is 39.2 Å². The van der Waals surface area contributed by atoms with E-state index in [1.54, 1.807) is 13.8 Å². The number of hydrogen-bond donors (Lipinski definition) is 2. The van der Waals surface area contributed by atoms with Crippen molar-refractivity contribution in [3.8, 4) is 0 Å². The van der Waals surface area contributed by atoms with Gasteiger partial charge < -0.3 is 15.4 Å². The van der Waals surface area contributed by atoms with E-state index >= 15 is 0 Å². The molecule has 0 aliphatic carbocycles. The van der Waals surface area contributed by atoms with Gasteiger partial charge in [-0.05, 0) is 24.6 Å². The maximum atomic E-state index is 12.5. The Balaban J connectivity index is 2.23. The second-order valence-electron chi connectivity index (χ2n) is 5.49. The Morgan fingerprint density at radius 1 is 1.35 bits per heavy atom. The molecule has 1 heterocycles. The Morgan fingerprint density at radius 3 is 2.58 bits per heavy atom. The summed E-state index contributed by atoms with van der Waals surface area (Å²) >= 11 is 0. The zero-order valence-electron chi connectivity index (χ0n) is 14.3. The van der Waals surface area contributed by atoms with Crippen molar-refractivity contribution in [2.45, 2.75) is 19.9 Å². The third kappa shape index (κ3) is 4.66. The van der Waals surface area contributed by atoms with Gasteiger partial charge in [0.15, 0.2) is 0 Å². The van der Waals surface area contributed by atoms with Crippen LogP contribution in [0.2, 0.25) is 0 Å². The van der Waals surface area contributed by atoms with Gasteiger partial charge in [-0.15, -0.1) is 0 Å². The topological polar surface area (TPSA) is 128 Å². The average Bonchev–Trinajstić information content (AvgIpc) is 2.60. The molecule has 26 heavy (non-hydrogen) atoms. The molecule has 0 fully saturated rings. The minimum absolute atomic E-state index is 0.00298. The van der Waals surface area contributed by atoms with Crippen LogP contribution in [0.3, 0.4) is 0 Å². The quantitative estimate of drug-likeness (QED) is 0.419. The van der Waals surface area contributed by atoms with Gasteiger partial charge in [0.1, 0.15) is 6.61 Å². The van der Waals surface area contributed by atoms with Gasteiger partial charge in [-0.1, -0.05) is 6.92 Å². The lowest BCUT2D eigenvalue weighted by Crippen LogP contribution is -2.45. The number of ether oxygens (including phenoxy) is 1. The van der Waals surface area contributed by atoms with Gasteiger partial charge in [-0.2, -0.15) is 0 Å². The second kappa shape index (κ2) is 8.56. The minimum atomic E-state index is -1.06. The third-order valence-electron chi connectivity index (χ3n) is 3.79. The molecular weight excluding hydrogens is 362 g/mol. The molecule has 0 saturated carbocycles. The van der Waals surface area contributed by atoms with Gasteiger partial charge >= 0.3 is 12.0 Å². The summed E-state index contributed by atoms with van der Waals surface area (Å²) in [4.78, 5) is 34.5. The number of nitrogens with zero attached hydrogens (tertiary/aromatic N) is 1. The minimum Gasteiger partial charge on any atom is -0.461 e. The summed E-state index contributed by atoms with van der Waals surface area (Å²) in [5.41, 5.74) is 0.939. The maximum absolute atomic E-state index is 12.5. The molecule has 0 bridgehead atoms. The van der Waals surface area contributed by atoms with Gasteiger partial charge in [-0.3, -0.25) is 14.3 Å². The molecule has 0 spiro atoms. The molecule has 0 aromatic heterocycles. The van der Waals surface area contributed by atoms with Crippen molar-refractivity contribution in [2.24, 2.45) is 0 Å². The number of amides is 2. The molecule has 1 aliphatic heterocycles. The van der Waals surface area contributed by atoms with Crippen LogP contribution < -0.4 is 10.6 Å². The largest absolute Gasteiger partial charge is 0.461 e. The van der Waals surface area contributed by atoms with Crippen molar-refractivity contribution in [1.82, 2.24) is 10.6 Å². The number of rotatable bonds is 7. The lowest BCUT2D eigenvalue weighted by atomic mass is 9.95. The van der Waals surface area contributed by atoms with E-state index in [-0.39, 0.29) is 23.6 Å². The van der Waals surface area contributed by atoms with Crippen molar-refractivity contribution >= 4 is 28.5 Å². The van der Waals surface area contributed by atoms with Crippen LogP contribution in [-0.2, 0) is 20.3 Å². The van der Waals surface area contributed by atoms with Crippen molar-refractivity contribution < 1.29 is 23.5 Å². The van der Waals surface area contributed by atoms with E-state index in [4.69, 9.17) is 4.74 Å². The Kier molecular flexibility index (Phi) is 6.45. The summed E-state index contributed by atoms with van der Waals surface area (Å²) < 4.78 is 16.6. The average molecular weight is 381 g/mol. The number of esters is 1. The van der Waals surface area contributed by atoms with Crippen molar-refractivity contribution in [1.29, 1.82) is 0 Å². The lowest BCUT2D eigenvalue weighted by Gasteiger charge is -2.28. The number of allylic oxidation sites excluding steroid dienone is 1. The van der Waals surface area contributed by atoms with E-state index in [9.17, 15) is 23.9 Å². The standard InChI is InChI=1S/C16H19N3O6S/c1-3-26(24)9-8-25-15(20)13-10(2)17-16(21)18-14(13)11-4-6-12(7-5-11)19(22)23/h4-7,14H,3,8-9H2,1-2H3,(H2,17,18,21). The first-order valence-corrected chi connectivity index (χ1v) is 9.37. The van der Waals surface area contributed by atoms with E-state index < -0.39 is 33.8 Å². The first-order chi connectivity index (χ1) is 12.3. The van der Waals surface area contributed by atoms with Crippen LogP contribution in [0.5, 0.6) is 0 Å². The molecule has 2 rings (SSSR count). The number of carbonyl (C=O) groups is 2. The number of nitro benzene ring substituents is 1. The Hall–Kier alpha value is -2.75. The fourth-order valence-corrected chi connectivity index (χ4v) is 3.01. The SMILES string of the molecule is CCS(=O)CCOC(=O)C1=C(C)NC(=O)NC1c1ccc([N+](=O)[O-])cc1. The highest BCUT2D eigenvalue weighted by Crippen LogP contribution is 2.28. The summed E-state index contributed by atoms with van der Waals surface area (Å²) in [6.07, 6.45) is 0. The van der Waals surface area contributed by atoms with Crippen molar-refractivity contribution in [2.75, 3.05) is 18.1 Å². The molecule has 9 nitrogen and oxygen atoms in total. The Morgan fingerprint density at radius 2 is 2.00 bits per heavy atom. The Bertz CT molecular complexity index is 775. The van der Waals surface area contributed by atoms with E-state index in [1.165, 1.54) is 24.3 Å². The highest BCUT2D eigenvalue weighted by molar-refractivity contribution is 7.84. The molecular formula is C16H19N3O6S. The van der Waals surface area contributed by atoms with Crippen LogP contribution in [0.15, 0.2) is 35.5 Å². The van der Waals surface area contributed by atoms with Gasteiger partial charge in [0.25, 0.3) is 5.69 Å². The predicted octanol–water partition coefficient (Wildman–Crippen LogP) is 1.53. The Labute approximate surface area is 152 Å². The molecule has 2 amide bonds. The number of hydrogen-bond acceptors (Lipinski definition) is 6. The van der Waals surface area contributed by atoms with Crippen molar-refractivity contribution in [3.05, 3.63) is 51.2 Å². The number of nitro groups is 1. The predicted molar refractivity (Wildman–Crippen MR) is 94.7 cm³/mol. The molecule has 1 aromatic rings. The lowest BCUT2D eigenvalue weighted by molar-refractivity contribution is -0.384. The monoisotopic (exact) mass is 381 g/mol. The van der Waals surface area contributed by atoms with Crippen LogP contribution in [0.1, 0.15) is 25.5 Å². The summed E-state index contributed by atoms with van der Waals surface area (Å²) in [6, 6.07) is 4.25. The molecule has 10 heteroatoms. The summed E-state index contributed by atoms with van der Waals surface area (Å²) in [5, 5.41) is 15.9. The smallest absolute Gasteiger partial charge is 0.338 e. The zero-order valence-corrected chi connectivity index (χ0v) is 15.1. The number of benzene rings is 1. The molecule has 1 aromatic carbocycles. The molecule has 2 atom stereocenters. The normalized spacial score (nSPS) is 17.9. The number of carbonyl (C=O) groups excluding carboxylic acids is 2. The fourth-order valence-electron chi connectivity index (χ4n) is 2.45. The highest BCUT2D eigenvalue weighted by Gasteiger charge is 2.32. The maximum Gasteiger partial charge on any atom is 0.338 e. The van der Waals surface area contributed by atoms with E-state index in [0.717, 1.165) is 0 Å². The first kappa shape index (κ1) is 19.6. The highest BCUT2D eigenvalue weighted by atomic mass is 32.2. The van der Waals surface area contributed by atoms with Crippen LogP contribution in [0.4, 0.5) is 10.5 Å². The van der Waals surface area contributed by atoms with Gasteiger partial charge in [-0.25, -0.2) is 9.59 Å². The van der Waals surface area contributed by atoms with E-state index in [1.807, 2.05) is 0 Å². The molecule has 1 aliphatic rings. The third-order valence-corrected chi connectivity index (χ3v) is 5.06.